The Morgan fingerprint density at radius 2 is 1.85 bits per heavy atom. The molecule has 138 valence electrons. The van der Waals surface area contributed by atoms with Crippen LogP contribution in [0.5, 0.6) is 0 Å². The number of pyridine rings is 1. The van der Waals surface area contributed by atoms with Crippen LogP contribution < -0.4 is 5.32 Å². The summed E-state index contributed by atoms with van der Waals surface area (Å²) in [6.45, 7) is 5.21. The second kappa shape index (κ2) is 9.48. The van der Waals surface area contributed by atoms with Crippen LogP contribution in [0.2, 0.25) is 0 Å². The molecule has 1 aromatic heterocycles. The van der Waals surface area contributed by atoms with E-state index in [9.17, 15) is 4.79 Å². The lowest BCUT2D eigenvalue weighted by molar-refractivity contribution is -0.121. The van der Waals surface area contributed by atoms with Gasteiger partial charge in [-0.15, -0.1) is 0 Å². The van der Waals surface area contributed by atoms with Crippen LogP contribution in [-0.4, -0.2) is 35.4 Å². The van der Waals surface area contributed by atoms with Crippen molar-refractivity contribution in [1.82, 2.24) is 15.2 Å². The zero-order valence-corrected chi connectivity index (χ0v) is 15.6. The molecule has 1 amide bonds. The van der Waals surface area contributed by atoms with Gasteiger partial charge in [-0.2, -0.15) is 0 Å². The summed E-state index contributed by atoms with van der Waals surface area (Å²) < 4.78 is 0. The predicted molar refractivity (Wildman–Crippen MR) is 105 cm³/mol. The average Bonchev–Trinajstić information content (AvgIpc) is 2.69. The van der Waals surface area contributed by atoms with Gasteiger partial charge >= 0.3 is 0 Å². The number of benzene rings is 1. The standard InChI is InChI=1S/C22H29N3O/c1-18-11-15-25(16-12-18)21(20-5-3-2-4-6-20)17-24-22(26)8-7-19-9-13-23-14-10-19/h2-6,9-10,13-14,18,21H,7-8,11-12,15-17H2,1H3,(H,24,26)/t21-/m0/s1. The molecule has 4 heteroatoms. The fourth-order valence-corrected chi connectivity index (χ4v) is 3.58. The van der Waals surface area contributed by atoms with Crippen molar-refractivity contribution >= 4 is 5.91 Å². The molecule has 3 rings (SSSR count). The number of hydrogen-bond acceptors (Lipinski definition) is 3. The highest BCUT2D eigenvalue weighted by atomic mass is 16.1. The number of piperidine rings is 1. The highest BCUT2D eigenvalue weighted by molar-refractivity contribution is 5.76. The van der Waals surface area contributed by atoms with E-state index in [0.717, 1.165) is 31.0 Å². The molecule has 0 spiro atoms. The maximum absolute atomic E-state index is 12.3. The summed E-state index contributed by atoms with van der Waals surface area (Å²) in [6.07, 6.45) is 7.29. The van der Waals surface area contributed by atoms with Crippen LogP contribution in [0.15, 0.2) is 54.9 Å². The second-order valence-corrected chi connectivity index (χ2v) is 7.30. The zero-order valence-electron chi connectivity index (χ0n) is 15.6. The van der Waals surface area contributed by atoms with Crippen LogP contribution in [0.25, 0.3) is 0 Å². The van der Waals surface area contributed by atoms with Gasteiger partial charge < -0.3 is 5.32 Å². The molecule has 1 fully saturated rings. The topological polar surface area (TPSA) is 45.2 Å². The number of carbonyl (C=O) groups excluding carboxylic acids is 1. The van der Waals surface area contributed by atoms with Crippen LogP contribution in [0.3, 0.4) is 0 Å². The quantitative estimate of drug-likeness (QED) is 0.829. The number of carbonyl (C=O) groups is 1. The predicted octanol–water partition coefficient (Wildman–Crippen LogP) is 3.60. The molecule has 26 heavy (non-hydrogen) atoms. The maximum Gasteiger partial charge on any atom is 0.220 e. The third kappa shape index (κ3) is 5.40. The molecule has 2 aromatic rings. The Bertz CT molecular complexity index is 666. The molecule has 1 atom stereocenters. The van der Waals surface area contributed by atoms with E-state index < -0.39 is 0 Å². The summed E-state index contributed by atoms with van der Waals surface area (Å²) in [6, 6.07) is 14.8. The first-order valence-electron chi connectivity index (χ1n) is 9.67. The van der Waals surface area contributed by atoms with E-state index in [-0.39, 0.29) is 11.9 Å². The molecule has 1 aliphatic heterocycles. The summed E-state index contributed by atoms with van der Waals surface area (Å²) in [4.78, 5) is 18.9. The van der Waals surface area contributed by atoms with Gasteiger partial charge in [-0.1, -0.05) is 37.3 Å². The molecule has 1 saturated heterocycles. The van der Waals surface area contributed by atoms with Gasteiger partial charge in [0.2, 0.25) is 5.91 Å². The molecule has 2 heterocycles. The first-order chi connectivity index (χ1) is 12.7. The third-order valence-corrected chi connectivity index (χ3v) is 5.33. The Labute approximate surface area is 156 Å². The first kappa shape index (κ1) is 18.6. The zero-order chi connectivity index (χ0) is 18.2. The minimum absolute atomic E-state index is 0.119. The summed E-state index contributed by atoms with van der Waals surface area (Å²) in [7, 11) is 0. The van der Waals surface area contributed by atoms with Crippen LogP contribution in [-0.2, 0) is 11.2 Å². The second-order valence-electron chi connectivity index (χ2n) is 7.30. The van der Waals surface area contributed by atoms with Crippen molar-refractivity contribution in [2.45, 2.75) is 38.6 Å². The smallest absolute Gasteiger partial charge is 0.220 e. The Balaban J connectivity index is 1.56. The van der Waals surface area contributed by atoms with Crippen molar-refractivity contribution in [2.75, 3.05) is 19.6 Å². The van der Waals surface area contributed by atoms with Crippen molar-refractivity contribution in [1.29, 1.82) is 0 Å². The van der Waals surface area contributed by atoms with E-state index >= 15 is 0 Å². The van der Waals surface area contributed by atoms with Crippen LogP contribution in [0, 0.1) is 5.92 Å². The number of nitrogens with one attached hydrogen (secondary N) is 1. The molecule has 1 N–H and O–H groups in total. The highest BCUT2D eigenvalue weighted by Crippen LogP contribution is 2.26. The number of likely N-dealkylation sites (tertiary alicyclic amines) is 1. The Kier molecular flexibility index (Phi) is 6.78. The van der Waals surface area contributed by atoms with Crippen molar-refractivity contribution < 1.29 is 4.79 Å². The summed E-state index contributed by atoms with van der Waals surface area (Å²) >= 11 is 0. The highest BCUT2D eigenvalue weighted by Gasteiger charge is 2.24. The lowest BCUT2D eigenvalue weighted by Crippen LogP contribution is -2.42. The molecular weight excluding hydrogens is 322 g/mol. The van der Waals surface area contributed by atoms with Gasteiger partial charge in [0.05, 0.1) is 6.04 Å². The third-order valence-electron chi connectivity index (χ3n) is 5.33. The van der Waals surface area contributed by atoms with E-state index in [1.54, 1.807) is 12.4 Å². The fourth-order valence-electron chi connectivity index (χ4n) is 3.58. The minimum Gasteiger partial charge on any atom is -0.354 e. The molecule has 0 radical (unpaired) electrons. The van der Waals surface area contributed by atoms with E-state index in [0.29, 0.717) is 13.0 Å². The van der Waals surface area contributed by atoms with Gasteiger partial charge in [0, 0.05) is 25.4 Å². The Hall–Kier alpha value is -2.20. The summed E-state index contributed by atoms with van der Waals surface area (Å²) in [5, 5.41) is 3.16. The van der Waals surface area contributed by atoms with Crippen LogP contribution >= 0.6 is 0 Å². The number of rotatable bonds is 7. The summed E-state index contributed by atoms with van der Waals surface area (Å²) in [5.74, 6) is 0.922. The van der Waals surface area contributed by atoms with Crippen molar-refractivity contribution in [3.63, 3.8) is 0 Å². The number of aryl methyl sites for hydroxylation is 1. The molecule has 0 saturated carbocycles. The van der Waals surface area contributed by atoms with Crippen molar-refractivity contribution in [3.05, 3.63) is 66.0 Å². The molecule has 1 aliphatic rings. The lowest BCUT2D eigenvalue weighted by Gasteiger charge is -2.37. The molecule has 1 aromatic carbocycles. The number of hydrogen-bond donors (Lipinski definition) is 1. The van der Waals surface area contributed by atoms with E-state index in [2.05, 4.69) is 46.4 Å². The normalized spacial score (nSPS) is 17.0. The summed E-state index contributed by atoms with van der Waals surface area (Å²) in [5.41, 5.74) is 2.44. The molecule has 0 aliphatic carbocycles. The number of nitrogens with zero attached hydrogens (tertiary/aromatic N) is 2. The number of amides is 1. The van der Waals surface area contributed by atoms with Gasteiger partial charge in [-0.05, 0) is 61.5 Å². The average molecular weight is 351 g/mol. The van der Waals surface area contributed by atoms with Gasteiger partial charge in [0.15, 0.2) is 0 Å². The fraction of sp³-hybridized carbons (Fsp3) is 0.455. The van der Waals surface area contributed by atoms with Crippen LogP contribution in [0.4, 0.5) is 0 Å². The SMILES string of the molecule is CC1CCN([C@@H](CNC(=O)CCc2ccncc2)c2ccccc2)CC1. The number of aromatic nitrogens is 1. The largest absolute Gasteiger partial charge is 0.354 e. The van der Waals surface area contributed by atoms with Gasteiger partial charge in [0.1, 0.15) is 0 Å². The Morgan fingerprint density at radius 3 is 2.54 bits per heavy atom. The molecular formula is C22H29N3O. The Morgan fingerprint density at radius 1 is 1.15 bits per heavy atom. The molecule has 0 unspecified atom stereocenters. The van der Waals surface area contributed by atoms with E-state index in [4.69, 9.17) is 0 Å². The maximum atomic E-state index is 12.3. The van der Waals surface area contributed by atoms with E-state index in [1.807, 2.05) is 18.2 Å². The van der Waals surface area contributed by atoms with Crippen molar-refractivity contribution in [2.24, 2.45) is 5.92 Å². The molecule has 4 nitrogen and oxygen atoms in total. The lowest BCUT2D eigenvalue weighted by atomic mass is 9.95. The van der Waals surface area contributed by atoms with Gasteiger partial charge in [-0.25, -0.2) is 0 Å². The van der Waals surface area contributed by atoms with Crippen molar-refractivity contribution in [3.8, 4) is 0 Å². The monoisotopic (exact) mass is 351 g/mol. The first-order valence-corrected chi connectivity index (χ1v) is 9.67. The van der Waals surface area contributed by atoms with Gasteiger partial charge in [0.25, 0.3) is 0 Å². The minimum atomic E-state index is 0.119. The molecule has 0 bridgehead atoms. The van der Waals surface area contributed by atoms with E-state index in [1.165, 1.54) is 18.4 Å². The van der Waals surface area contributed by atoms with Crippen LogP contribution in [0.1, 0.15) is 43.4 Å². The van der Waals surface area contributed by atoms with Gasteiger partial charge in [-0.3, -0.25) is 14.7 Å².